The van der Waals surface area contributed by atoms with E-state index in [1.165, 1.54) is 0 Å². The Bertz CT molecular complexity index is 570. The van der Waals surface area contributed by atoms with Crippen LogP contribution in [-0.4, -0.2) is 25.0 Å². The number of carbonyl (C=O) groups excluding carboxylic acids is 1. The number of rotatable bonds is 6. The molecule has 104 valence electrons. The van der Waals surface area contributed by atoms with Crippen molar-refractivity contribution in [2.75, 3.05) is 18.5 Å². The van der Waals surface area contributed by atoms with Crippen molar-refractivity contribution in [3.8, 4) is 5.75 Å². The number of pyridine rings is 1. The maximum atomic E-state index is 10.7. The number of phenolic OH excluding ortho intramolecular Hbond substituents is 1. The first kappa shape index (κ1) is 14.1. The van der Waals surface area contributed by atoms with E-state index in [2.05, 4.69) is 9.47 Å². The average Bonchev–Trinajstić information content (AvgIpc) is 2.48. The molecule has 1 aromatic heterocycles. The summed E-state index contributed by atoms with van der Waals surface area (Å²) in [6.07, 6.45) is 5.75. The molecule has 0 bridgehead atoms. The normalized spacial score (nSPS) is 10.2. The van der Waals surface area contributed by atoms with E-state index in [9.17, 15) is 9.90 Å². The molecule has 4 nitrogen and oxygen atoms in total. The smallest absolute Gasteiger partial charge is 0.168 e. The first-order chi connectivity index (χ1) is 9.70. The summed E-state index contributed by atoms with van der Waals surface area (Å²) in [6, 6.07) is 11.1. The standard InChI is InChI=1S/C16H18N2O2/c1-17(8-5-11-18-9-3-2-4-10-18)15-7-6-14(13-19)16(20)12-15/h2-4,6-7,9-10,12-13H,5,8,11H2,1H3/p+1. The number of carbonyl (C=O) groups is 1. The van der Waals surface area contributed by atoms with E-state index in [-0.39, 0.29) is 5.75 Å². The second kappa shape index (κ2) is 6.70. The lowest BCUT2D eigenvalue weighted by molar-refractivity contribution is -0.697. The second-order valence-electron chi connectivity index (χ2n) is 4.75. The van der Waals surface area contributed by atoms with Crippen LogP contribution in [0, 0.1) is 0 Å². The van der Waals surface area contributed by atoms with Crippen LogP contribution in [0.5, 0.6) is 5.75 Å². The van der Waals surface area contributed by atoms with Gasteiger partial charge in [-0.2, -0.15) is 0 Å². The van der Waals surface area contributed by atoms with Crippen LogP contribution in [0.3, 0.4) is 0 Å². The number of nitrogens with zero attached hydrogens (tertiary/aromatic N) is 2. The summed E-state index contributed by atoms with van der Waals surface area (Å²) in [4.78, 5) is 12.7. The lowest BCUT2D eigenvalue weighted by Crippen LogP contribution is -2.34. The SMILES string of the molecule is CN(CCC[n+]1ccccc1)c1ccc(C=O)c(O)c1. The number of anilines is 1. The van der Waals surface area contributed by atoms with Gasteiger partial charge in [-0.25, -0.2) is 4.57 Å². The summed E-state index contributed by atoms with van der Waals surface area (Å²) in [5.74, 6) is 0.0294. The van der Waals surface area contributed by atoms with Gasteiger partial charge in [0.15, 0.2) is 18.7 Å². The Morgan fingerprint density at radius 2 is 2.00 bits per heavy atom. The predicted molar refractivity (Wildman–Crippen MR) is 78.0 cm³/mol. The fourth-order valence-corrected chi connectivity index (χ4v) is 2.07. The van der Waals surface area contributed by atoms with Gasteiger partial charge in [0.2, 0.25) is 0 Å². The minimum absolute atomic E-state index is 0.0294. The number of aromatic hydroxyl groups is 1. The zero-order valence-corrected chi connectivity index (χ0v) is 11.6. The summed E-state index contributed by atoms with van der Waals surface area (Å²) < 4.78 is 2.14. The molecule has 0 saturated carbocycles. The van der Waals surface area contributed by atoms with Crippen molar-refractivity contribution >= 4 is 12.0 Å². The van der Waals surface area contributed by atoms with Gasteiger partial charge in [-0.3, -0.25) is 4.79 Å². The number of aldehydes is 1. The van der Waals surface area contributed by atoms with Gasteiger partial charge in [0.05, 0.1) is 5.56 Å². The number of aromatic nitrogens is 1. The van der Waals surface area contributed by atoms with Crippen LogP contribution >= 0.6 is 0 Å². The van der Waals surface area contributed by atoms with Crippen molar-refractivity contribution < 1.29 is 14.5 Å². The van der Waals surface area contributed by atoms with Crippen LogP contribution in [-0.2, 0) is 6.54 Å². The molecule has 2 rings (SSSR count). The highest BCUT2D eigenvalue weighted by molar-refractivity contribution is 5.80. The van der Waals surface area contributed by atoms with Crippen molar-refractivity contribution in [3.63, 3.8) is 0 Å². The quantitative estimate of drug-likeness (QED) is 0.646. The molecule has 4 heteroatoms. The molecule has 0 aliphatic heterocycles. The summed E-state index contributed by atoms with van der Waals surface area (Å²) in [5.41, 5.74) is 1.23. The van der Waals surface area contributed by atoms with Crippen molar-refractivity contribution in [1.82, 2.24) is 0 Å². The third-order valence-electron chi connectivity index (χ3n) is 3.27. The van der Waals surface area contributed by atoms with Crippen LogP contribution in [0.1, 0.15) is 16.8 Å². The van der Waals surface area contributed by atoms with Crippen molar-refractivity contribution in [3.05, 3.63) is 54.4 Å². The van der Waals surface area contributed by atoms with Crippen molar-refractivity contribution in [2.24, 2.45) is 0 Å². The molecule has 1 aromatic carbocycles. The molecule has 0 unspecified atom stereocenters. The van der Waals surface area contributed by atoms with Crippen molar-refractivity contribution in [2.45, 2.75) is 13.0 Å². The maximum Gasteiger partial charge on any atom is 0.168 e. The first-order valence-corrected chi connectivity index (χ1v) is 6.64. The molecule has 0 aliphatic rings. The maximum absolute atomic E-state index is 10.7. The summed E-state index contributed by atoms with van der Waals surface area (Å²) in [5, 5.41) is 9.68. The van der Waals surface area contributed by atoms with Gasteiger partial charge in [-0.1, -0.05) is 6.07 Å². The molecule has 0 aliphatic carbocycles. The number of aryl methyl sites for hydroxylation is 1. The fourth-order valence-electron chi connectivity index (χ4n) is 2.07. The van der Waals surface area contributed by atoms with E-state index in [0.29, 0.717) is 11.8 Å². The molecule has 1 N–H and O–H groups in total. The van der Waals surface area contributed by atoms with Crippen LogP contribution in [0.25, 0.3) is 0 Å². The number of hydrogen-bond acceptors (Lipinski definition) is 3. The lowest BCUT2D eigenvalue weighted by Gasteiger charge is -2.19. The molecule has 1 heterocycles. The van der Waals surface area contributed by atoms with Crippen molar-refractivity contribution in [1.29, 1.82) is 0 Å². The topological polar surface area (TPSA) is 44.4 Å². The van der Waals surface area contributed by atoms with Gasteiger partial charge in [-0.15, -0.1) is 0 Å². The molecule has 20 heavy (non-hydrogen) atoms. The first-order valence-electron chi connectivity index (χ1n) is 6.64. The fraction of sp³-hybridized carbons (Fsp3) is 0.250. The highest BCUT2D eigenvalue weighted by Gasteiger charge is 2.06. The average molecular weight is 271 g/mol. The predicted octanol–water partition coefficient (Wildman–Crippen LogP) is 2.02. The Labute approximate surface area is 118 Å². The minimum atomic E-state index is 0.0294. The minimum Gasteiger partial charge on any atom is -0.507 e. The van der Waals surface area contributed by atoms with E-state index in [4.69, 9.17) is 0 Å². The Balaban J connectivity index is 1.90. The molecule has 0 saturated heterocycles. The molecular weight excluding hydrogens is 252 g/mol. The third kappa shape index (κ3) is 3.57. The lowest BCUT2D eigenvalue weighted by atomic mass is 10.2. The molecule has 0 fully saturated rings. The second-order valence-corrected chi connectivity index (χ2v) is 4.75. The van der Waals surface area contributed by atoms with E-state index in [1.54, 1.807) is 12.1 Å². The van der Waals surface area contributed by atoms with Gasteiger partial charge < -0.3 is 10.0 Å². The highest BCUT2D eigenvalue weighted by Crippen LogP contribution is 2.22. The monoisotopic (exact) mass is 271 g/mol. The van der Waals surface area contributed by atoms with E-state index in [0.717, 1.165) is 25.2 Å². The van der Waals surface area contributed by atoms with Gasteiger partial charge in [-0.05, 0) is 12.1 Å². The zero-order chi connectivity index (χ0) is 14.4. The van der Waals surface area contributed by atoms with Crippen LogP contribution < -0.4 is 9.47 Å². The van der Waals surface area contributed by atoms with Crippen LogP contribution in [0.15, 0.2) is 48.8 Å². The van der Waals surface area contributed by atoms with Gasteiger partial charge in [0.1, 0.15) is 12.3 Å². The largest absolute Gasteiger partial charge is 0.507 e. The van der Waals surface area contributed by atoms with E-state index >= 15 is 0 Å². The van der Waals surface area contributed by atoms with Crippen LogP contribution in [0.2, 0.25) is 0 Å². The number of benzene rings is 1. The molecule has 0 atom stereocenters. The number of phenols is 1. The summed E-state index contributed by atoms with van der Waals surface area (Å²) >= 11 is 0. The van der Waals surface area contributed by atoms with Gasteiger partial charge in [0.25, 0.3) is 0 Å². The molecule has 2 aromatic rings. The Hall–Kier alpha value is -2.36. The zero-order valence-electron chi connectivity index (χ0n) is 11.6. The van der Waals surface area contributed by atoms with E-state index < -0.39 is 0 Å². The molecule has 0 spiro atoms. The van der Waals surface area contributed by atoms with Crippen LogP contribution in [0.4, 0.5) is 5.69 Å². The molecule has 0 amide bonds. The summed E-state index contributed by atoms with van der Waals surface area (Å²) in [7, 11) is 1.98. The number of hydrogen-bond donors (Lipinski definition) is 1. The summed E-state index contributed by atoms with van der Waals surface area (Å²) in [6.45, 7) is 1.82. The third-order valence-corrected chi connectivity index (χ3v) is 3.27. The Morgan fingerprint density at radius 1 is 1.25 bits per heavy atom. The Morgan fingerprint density at radius 3 is 2.65 bits per heavy atom. The molecule has 0 radical (unpaired) electrons. The van der Waals surface area contributed by atoms with Gasteiger partial charge in [0, 0.05) is 43.9 Å². The molecular formula is C16H19N2O2+. The Kier molecular flexibility index (Phi) is 4.71. The van der Waals surface area contributed by atoms with Gasteiger partial charge >= 0.3 is 0 Å². The highest BCUT2D eigenvalue weighted by atomic mass is 16.3. The van der Waals surface area contributed by atoms with E-state index in [1.807, 2.05) is 43.7 Å².